The van der Waals surface area contributed by atoms with E-state index in [0.717, 1.165) is 6.54 Å². The van der Waals surface area contributed by atoms with Crippen molar-refractivity contribution in [3.05, 3.63) is 65.1 Å². The van der Waals surface area contributed by atoms with Crippen molar-refractivity contribution in [2.45, 2.75) is 27.3 Å². The Morgan fingerprint density at radius 2 is 1.77 bits per heavy atom. The Morgan fingerprint density at radius 3 is 2.45 bits per heavy atom. The minimum atomic E-state index is 1.00. The number of fused-ring (bicyclic) bond motifs is 1. The van der Waals surface area contributed by atoms with E-state index in [1.54, 1.807) is 0 Å². The van der Waals surface area contributed by atoms with Crippen LogP contribution in [-0.2, 0) is 13.6 Å². The van der Waals surface area contributed by atoms with Gasteiger partial charge in [0.25, 0.3) is 0 Å². The molecule has 0 radical (unpaired) electrons. The molecule has 0 aliphatic heterocycles. The van der Waals surface area contributed by atoms with Crippen LogP contribution in [0.1, 0.15) is 29.3 Å². The Balaban J connectivity index is 2.11. The summed E-state index contributed by atoms with van der Waals surface area (Å²) in [6.45, 7) is 7.57. The largest absolute Gasteiger partial charge is 0.345 e. The number of pyridine rings is 1. The van der Waals surface area contributed by atoms with Gasteiger partial charge < -0.3 is 4.57 Å². The highest BCUT2D eigenvalue weighted by Crippen LogP contribution is 2.28. The Morgan fingerprint density at radius 1 is 1.05 bits per heavy atom. The first-order valence-electron chi connectivity index (χ1n) is 7.83. The molecule has 0 bridgehead atoms. The van der Waals surface area contributed by atoms with E-state index in [-0.39, 0.29) is 0 Å². The van der Waals surface area contributed by atoms with Crippen molar-refractivity contribution >= 4 is 23.1 Å². The van der Waals surface area contributed by atoms with Gasteiger partial charge in [-0.2, -0.15) is 0 Å². The van der Waals surface area contributed by atoms with Crippen molar-refractivity contribution in [2.75, 3.05) is 0 Å². The van der Waals surface area contributed by atoms with Crippen LogP contribution in [0.2, 0.25) is 0 Å². The number of aromatic nitrogens is 2. The molecule has 2 aromatic heterocycles. The first kappa shape index (κ1) is 14.6. The normalized spacial score (nSPS) is 11.6. The average molecular weight is 291 g/mol. The number of hydrogen-bond acceptors (Lipinski definition) is 0. The second kappa shape index (κ2) is 5.80. The predicted molar refractivity (Wildman–Crippen MR) is 93.6 cm³/mol. The molecule has 0 saturated heterocycles. The van der Waals surface area contributed by atoms with Gasteiger partial charge in [-0.1, -0.05) is 23.8 Å². The fraction of sp³-hybridized carbons (Fsp3) is 0.250. The van der Waals surface area contributed by atoms with E-state index in [1.807, 2.05) is 7.05 Å². The lowest BCUT2D eigenvalue weighted by Crippen LogP contribution is -2.25. The second-order valence-corrected chi connectivity index (χ2v) is 5.89. The van der Waals surface area contributed by atoms with Crippen LogP contribution in [0.25, 0.3) is 23.1 Å². The van der Waals surface area contributed by atoms with Crippen molar-refractivity contribution < 1.29 is 4.57 Å². The molecule has 2 nitrogen and oxygen atoms in total. The van der Waals surface area contributed by atoms with Gasteiger partial charge >= 0.3 is 0 Å². The Hall–Kier alpha value is -2.35. The topological polar surface area (TPSA) is 8.81 Å². The smallest absolute Gasteiger partial charge is 0.169 e. The highest BCUT2D eigenvalue weighted by Gasteiger charge is 2.11. The highest BCUT2D eigenvalue weighted by atomic mass is 15.0. The van der Waals surface area contributed by atoms with Gasteiger partial charge in [-0.15, -0.1) is 0 Å². The van der Waals surface area contributed by atoms with Crippen molar-refractivity contribution in [1.29, 1.82) is 0 Å². The SMILES string of the molecule is CCn1c(C)c(/C=C/c2cc[n+](C)cc2)c2cc(C)ccc21. The average Bonchev–Trinajstić information content (AvgIpc) is 2.77. The van der Waals surface area contributed by atoms with Crippen molar-refractivity contribution in [2.24, 2.45) is 7.05 Å². The molecule has 2 heteroatoms. The first-order valence-corrected chi connectivity index (χ1v) is 7.83. The highest BCUT2D eigenvalue weighted by molar-refractivity contribution is 5.94. The van der Waals surface area contributed by atoms with Gasteiger partial charge in [0.15, 0.2) is 12.4 Å². The molecule has 0 unspecified atom stereocenters. The number of benzene rings is 1. The molecule has 112 valence electrons. The zero-order chi connectivity index (χ0) is 15.7. The van der Waals surface area contributed by atoms with E-state index in [2.05, 4.69) is 84.8 Å². The Bertz CT molecular complexity index is 836. The van der Waals surface area contributed by atoms with Crippen LogP contribution in [0.15, 0.2) is 42.7 Å². The summed E-state index contributed by atoms with van der Waals surface area (Å²) in [5.74, 6) is 0. The molecular weight excluding hydrogens is 268 g/mol. The molecule has 0 aliphatic rings. The molecule has 0 N–H and O–H groups in total. The molecule has 0 amide bonds. The maximum absolute atomic E-state index is 2.39. The minimum Gasteiger partial charge on any atom is -0.345 e. The van der Waals surface area contributed by atoms with Crippen LogP contribution in [0.5, 0.6) is 0 Å². The molecule has 0 atom stereocenters. The van der Waals surface area contributed by atoms with Crippen molar-refractivity contribution in [1.82, 2.24) is 4.57 Å². The fourth-order valence-electron chi connectivity index (χ4n) is 3.04. The predicted octanol–water partition coefficient (Wildman–Crippen LogP) is 4.27. The van der Waals surface area contributed by atoms with Gasteiger partial charge in [-0.3, -0.25) is 0 Å². The third-order valence-corrected chi connectivity index (χ3v) is 4.29. The lowest BCUT2D eigenvalue weighted by atomic mass is 10.1. The zero-order valence-corrected chi connectivity index (χ0v) is 13.8. The first-order chi connectivity index (χ1) is 10.6. The van der Waals surface area contributed by atoms with E-state index in [4.69, 9.17) is 0 Å². The van der Waals surface area contributed by atoms with Crippen molar-refractivity contribution in [3.63, 3.8) is 0 Å². The molecule has 0 spiro atoms. The van der Waals surface area contributed by atoms with E-state index < -0.39 is 0 Å². The van der Waals surface area contributed by atoms with E-state index >= 15 is 0 Å². The van der Waals surface area contributed by atoms with E-state index in [0.29, 0.717) is 0 Å². The standard InChI is InChI=1S/C20H23N2/c1-5-22-16(3)18(19-14-15(2)6-9-20(19)22)8-7-17-10-12-21(4)13-11-17/h6-14H,5H2,1-4H3/q+1. The molecule has 0 fully saturated rings. The summed E-state index contributed by atoms with van der Waals surface area (Å²) in [4.78, 5) is 0. The summed E-state index contributed by atoms with van der Waals surface area (Å²) < 4.78 is 4.44. The lowest BCUT2D eigenvalue weighted by molar-refractivity contribution is -0.671. The number of hydrogen-bond donors (Lipinski definition) is 0. The maximum atomic E-state index is 2.39. The lowest BCUT2D eigenvalue weighted by Gasteiger charge is -2.03. The number of rotatable bonds is 3. The molecule has 3 aromatic rings. The van der Waals surface area contributed by atoms with Crippen molar-refractivity contribution in [3.8, 4) is 0 Å². The maximum Gasteiger partial charge on any atom is 0.169 e. The second-order valence-electron chi connectivity index (χ2n) is 5.89. The molecule has 0 saturated carbocycles. The number of aryl methyl sites for hydroxylation is 3. The monoisotopic (exact) mass is 291 g/mol. The van der Waals surface area contributed by atoms with Gasteiger partial charge in [0.2, 0.25) is 0 Å². The van der Waals surface area contributed by atoms with E-state index in [9.17, 15) is 0 Å². The van der Waals surface area contributed by atoms with Gasteiger partial charge in [0.1, 0.15) is 7.05 Å². The summed E-state index contributed by atoms with van der Waals surface area (Å²) in [5, 5.41) is 1.34. The van der Waals surface area contributed by atoms with Crippen LogP contribution in [0, 0.1) is 13.8 Å². The minimum absolute atomic E-state index is 1.00. The summed E-state index contributed by atoms with van der Waals surface area (Å²) in [6, 6.07) is 11.0. The Kier molecular flexibility index (Phi) is 3.84. The third-order valence-electron chi connectivity index (χ3n) is 4.29. The summed E-state index contributed by atoms with van der Waals surface area (Å²) in [6.07, 6.45) is 8.60. The third kappa shape index (κ3) is 2.57. The van der Waals surface area contributed by atoms with Gasteiger partial charge in [0, 0.05) is 40.8 Å². The van der Waals surface area contributed by atoms with Crippen LogP contribution in [-0.4, -0.2) is 4.57 Å². The molecule has 1 aromatic carbocycles. The quantitative estimate of drug-likeness (QED) is 0.637. The number of nitrogens with zero attached hydrogens (tertiary/aromatic N) is 2. The molecule has 2 heterocycles. The van der Waals surface area contributed by atoms with Crippen LogP contribution >= 0.6 is 0 Å². The molecule has 3 rings (SSSR count). The summed E-state index contributed by atoms with van der Waals surface area (Å²) in [5.41, 5.74) is 6.52. The zero-order valence-electron chi connectivity index (χ0n) is 13.8. The van der Waals surface area contributed by atoms with Crippen LogP contribution in [0.3, 0.4) is 0 Å². The fourth-order valence-corrected chi connectivity index (χ4v) is 3.04. The summed E-state index contributed by atoms with van der Waals surface area (Å²) >= 11 is 0. The molecule has 0 aliphatic carbocycles. The van der Waals surface area contributed by atoms with Crippen LogP contribution < -0.4 is 4.57 Å². The van der Waals surface area contributed by atoms with Gasteiger partial charge in [-0.05, 0) is 38.5 Å². The van der Waals surface area contributed by atoms with Gasteiger partial charge in [0.05, 0.1) is 0 Å². The summed E-state index contributed by atoms with van der Waals surface area (Å²) in [7, 11) is 2.04. The van der Waals surface area contributed by atoms with Crippen LogP contribution in [0.4, 0.5) is 0 Å². The van der Waals surface area contributed by atoms with E-state index in [1.165, 1.54) is 33.3 Å². The molecular formula is C20H23N2+. The molecule has 22 heavy (non-hydrogen) atoms. The van der Waals surface area contributed by atoms with Gasteiger partial charge in [-0.25, -0.2) is 4.57 Å². The Labute approximate surface area is 132 Å².